The molecule has 1 saturated heterocycles. The van der Waals surface area contributed by atoms with Crippen molar-refractivity contribution in [3.05, 3.63) is 46.1 Å². The van der Waals surface area contributed by atoms with Crippen LogP contribution in [0.5, 0.6) is 0 Å². The van der Waals surface area contributed by atoms with Gasteiger partial charge in [0, 0.05) is 26.2 Å². The van der Waals surface area contributed by atoms with Gasteiger partial charge in [0.2, 0.25) is 5.43 Å². The Labute approximate surface area is 158 Å². The first-order chi connectivity index (χ1) is 13.2. The summed E-state index contributed by atoms with van der Waals surface area (Å²) in [5.41, 5.74) is 1.32. The van der Waals surface area contributed by atoms with Crippen molar-refractivity contribution in [3.8, 4) is 0 Å². The van der Waals surface area contributed by atoms with Crippen LogP contribution >= 0.6 is 11.3 Å². The maximum Gasteiger partial charge on any atom is 0.203 e. The van der Waals surface area contributed by atoms with Crippen LogP contribution in [0.25, 0.3) is 26.1 Å². The normalized spacial score (nSPS) is 15.8. The van der Waals surface area contributed by atoms with Crippen molar-refractivity contribution >= 4 is 49.5 Å². The number of aldehydes is 1. The molecule has 27 heavy (non-hydrogen) atoms. The fourth-order valence-corrected chi connectivity index (χ4v) is 4.76. The fourth-order valence-electron chi connectivity index (χ4n) is 3.62. The summed E-state index contributed by atoms with van der Waals surface area (Å²) >= 11 is 1.42. The molecule has 4 aromatic rings. The maximum atomic E-state index is 13.0. The molecule has 0 bridgehead atoms. The summed E-state index contributed by atoms with van der Waals surface area (Å²) in [6.07, 6.45) is 0.655. The lowest BCUT2D eigenvalue weighted by Crippen LogP contribution is -2.44. The summed E-state index contributed by atoms with van der Waals surface area (Å²) in [5, 5.41) is 9.25. The number of benzene rings is 1. The van der Waals surface area contributed by atoms with E-state index in [2.05, 4.69) is 27.0 Å². The van der Waals surface area contributed by atoms with Gasteiger partial charge in [-0.05, 0) is 25.2 Å². The van der Waals surface area contributed by atoms with E-state index in [9.17, 15) is 9.59 Å². The van der Waals surface area contributed by atoms with E-state index in [1.165, 1.54) is 11.3 Å². The van der Waals surface area contributed by atoms with Crippen LogP contribution < -0.4 is 10.3 Å². The summed E-state index contributed by atoms with van der Waals surface area (Å²) in [5.74, 6) is 0.684. The predicted octanol–water partition coefficient (Wildman–Crippen LogP) is 2.02. The first-order valence-corrected chi connectivity index (χ1v) is 9.61. The smallest absolute Gasteiger partial charge is 0.203 e. The molecule has 136 valence electrons. The highest BCUT2D eigenvalue weighted by Gasteiger charge is 2.21. The molecule has 0 unspecified atom stereocenters. The Morgan fingerprint density at radius 2 is 1.89 bits per heavy atom. The van der Waals surface area contributed by atoms with E-state index in [1.54, 1.807) is 6.07 Å². The number of likely N-dealkylation sites (N-methyl/N-ethyl adjacent to an activating group) is 1. The minimum Gasteiger partial charge on any atom is -0.353 e. The number of para-hydroxylation sites is 1. The summed E-state index contributed by atoms with van der Waals surface area (Å²) in [6.45, 7) is 3.54. The van der Waals surface area contributed by atoms with Gasteiger partial charge >= 0.3 is 0 Å². The van der Waals surface area contributed by atoms with Gasteiger partial charge in [0.05, 0.1) is 21.2 Å². The van der Waals surface area contributed by atoms with Gasteiger partial charge in [-0.1, -0.05) is 12.1 Å². The topological polar surface area (TPSA) is 70.8 Å². The van der Waals surface area contributed by atoms with E-state index in [1.807, 2.05) is 28.7 Å². The van der Waals surface area contributed by atoms with Crippen molar-refractivity contribution in [2.75, 3.05) is 38.1 Å². The standard InChI is InChI=1S/C19H17N5O2S/c1-22-6-8-23(9-7-22)16-10-12-17(26)13(11-25)19-24(18(12)21-20-16)14-4-2-3-5-15(14)27-19/h2-5,10-11H,6-9H2,1H3. The van der Waals surface area contributed by atoms with Crippen molar-refractivity contribution in [2.24, 2.45) is 0 Å². The molecule has 4 heterocycles. The zero-order valence-corrected chi connectivity index (χ0v) is 15.6. The number of hydrogen-bond donors (Lipinski definition) is 0. The van der Waals surface area contributed by atoms with Crippen LogP contribution in [0.4, 0.5) is 5.82 Å². The van der Waals surface area contributed by atoms with E-state index >= 15 is 0 Å². The Morgan fingerprint density at radius 1 is 1.11 bits per heavy atom. The molecule has 0 atom stereocenters. The molecule has 1 aliphatic heterocycles. The van der Waals surface area contributed by atoms with E-state index in [0.29, 0.717) is 28.0 Å². The quantitative estimate of drug-likeness (QED) is 0.496. The molecular weight excluding hydrogens is 362 g/mol. The molecule has 3 aromatic heterocycles. The average Bonchev–Trinajstić information content (AvgIpc) is 3.08. The zero-order valence-electron chi connectivity index (χ0n) is 14.8. The van der Waals surface area contributed by atoms with Crippen molar-refractivity contribution in [1.29, 1.82) is 0 Å². The highest BCUT2D eigenvalue weighted by atomic mass is 32.1. The van der Waals surface area contributed by atoms with Crippen LogP contribution in [0.3, 0.4) is 0 Å². The molecule has 1 fully saturated rings. The number of thiazole rings is 1. The first kappa shape index (κ1) is 16.3. The Balaban J connectivity index is 1.81. The Bertz CT molecular complexity index is 1250. The van der Waals surface area contributed by atoms with Gasteiger partial charge in [0.25, 0.3) is 0 Å². The van der Waals surface area contributed by atoms with E-state index in [-0.39, 0.29) is 11.0 Å². The lowest BCUT2D eigenvalue weighted by molar-refractivity contribution is 0.112. The number of carbonyl (C=O) groups excluding carboxylic acids is 1. The van der Waals surface area contributed by atoms with Gasteiger partial charge in [-0.25, -0.2) is 0 Å². The largest absolute Gasteiger partial charge is 0.353 e. The first-order valence-electron chi connectivity index (χ1n) is 8.80. The lowest BCUT2D eigenvalue weighted by Gasteiger charge is -2.32. The highest BCUT2D eigenvalue weighted by Crippen LogP contribution is 2.30. The van der Waals surface area contributed by atoms with Crippen LogP contribution in [0.2, 0.25) is 0 Å². The molecule has 0 spiro atoms. The number of aromatic nitrogens is 3. The Morgan fingerprint density at radius 3 is 2.67 bits per heavy atom. The van der Waals surface area contributed by atoms with E-state index < -0.39 is 0 Å². The third kappa shape index (κ3) is 2.44. The zero-order chi connectivity index (χ0) is 18.5. The van der Waals surface area contributed by atoms with Gasteiger partial charge in [-0.2, -0.15) is 0 Å². The molecule has 0 saturated carbocycles. The second kappa shape index (κ2) is 6.11. The fraction of sp³-hybridized carbons (Fsp3) is 0.263. The van der Waals surface area contributed by atoms with Crippen molar-refractivity contribution in [2.45, 2.75) is 0 Å². The number of pyridine rings is 1. The van der Waals surface area contributed by atoms with Crippen LogP contribution in [0.1, 0.15) is 10.4 Å². The maximum absolute atomic E-state index is 13.0. The average molecular weight is 379 g/mol. The molecule has 8 heteroatoms. The van der Waals surface area contributed by atoms with Crippen LogP contribution in [-0.2, 0) is 0 Å². The number of anilines is 1. The van der Waals surface area contributed by atoms with Crippen molar-refractivity contribution in [3.63, 3.8) is 0 Å². The van der Waals surface area contributed by atoms with Crippen LogP contribution in [-0.4, -0.2) is 59.0 Å². The molecular formula is C19H17N5O2S. The van der Waals surface area contributed by atoms with Crippen LogP contribution in [0.15, 0.2) is 35.1 Å². The number of rotatable bonds is 2. The highest BCUT2D eigenvalue weighted by molar-refractivity contribution is 7.24. The minimum atomic E-state index is -0.281. The number of nitrogens with zero attached hydrogens (tertiary/aromatic N) is 5. The molecule has 1 aliphatic rings. The number of piperazine rings is 1. The second-order valence-corrected chi connectivity index (χ2v) is 7.83. The summed E-state index contributed by atoms with van der Waals surface area (Å²) in [7, 11) is 2.09. The van der Waals surface area contributed by atoms with Gasteiger partial charge in [0.1, 0.15) is 4.83 Å². The molecule has 0 aliphatic carbocycles. The molecule has 0 N–H and O–H groups in total. The molecule has 0 radical (unpaired) electrons. The van der Waals surface area contributed by atoms with E-state index in [4.69, 9.17) is 0 Å². The third-order valence-electron chi connectivity index (χ3n) is 5.15. The number of hydrogen-bond acceptors (Lipinski definition) is 7. The van der Waals surface area contributed by atoms with Gasteiger partial charge in [0.15, 0.2) is 17.8 Å². The summed E-state index contributed by atoms with van der Waals surface area (Å²) < 4.78 is 2.87. The number of fused-ring (bicyclic) bond motifs is 5. The van der Waals surface area contributed by atoms with Crippen LogP contribution in [0, 0.1) is 0 Å². The SMILES string of the molecule is CN1CCN(c2cc3c(=O)c(C=O)c4sc5ccccc5n4c3nn2)CC1. The summed E-state index contributed by atoms with van der Waals surface area (Å²) in [4.78, 5) is 29.7. The molecule has 7 nitrogen and oxygen atoms in total. The van der Waals surface area contributed by atoms with Gasteiger partial charge in [-0.15, -0.1) is 21.5 Å². The van der Waals surface area contributed by atoms with E-state index in [0.717, 1.165) is 36.4 Å². The predicted molar refractivity (Wildman–Crippen MR) is 107 cm³/mol. The summed E-state index contributed by atoms with van der Waals surface area (Å²) in [6, 6.07) is 9.60. The second-order valence-electron chi connectivity index (χ2n) is 6.80. The lowest BCUT2D eigenvalue weighted by atomic mass is 10.2. The van der Waals surface area contributed by atoms with Crippen molar-refractivity contribution in [1.82, 2.24) is 19.5 Å². The minimum absolute atomic E-state index is 0.182. The van der Waals surface area contributed by atoms with Crippen molar-refractivity contribution < 1.29 is 4.79 Å². The molecule has 5 rings (SSSR count). The Hall–Kier alpha value is -2.84. The van der Waals surface area contributed by atoms with Gasteiger partial charge < -0.3 is 9.80 Å². The van der Waals surface area contributed by atoms with Gasteiger partial charge in [-0.3, -0.25) is 14.0 Å². The third-order valence-corrected chi connectivity index (χ3v) is 6.31. The number of carbonyl (C=O) groups is 1. The monoisotopic (exact) mass is 379 g/mol. The molecule has 0 amide bonds. The molecule has 1 aromatic carbocycles. The Kier molecular flexibility index (Phi) is 3.70.